The van der Waals surface area contributed by atoms with Crippen molar-refractivity contribution >= 4 is 16.6 Å². The Morgan fingerprint density at radius 1 is 1.44 bits per heavy atom. The predicted molar refractivity (Wildman–Crippen MR) is 62.6 cm³/mol. The maximum atomic E-state index is 11.8. The van der Waals surface area contributed by atoms with Crippen LogP contribution in [0.4, 0.5) is 5.69 Å². The predicted octanol–water partition coefficient (Wildman–Crippen LogP) is -0.352. The summed E-state index contributed by atoms with van der Waals surface area (Å²) in [6, 6.07) is 5.13. The second-order valence-electron chi connectivity index (χ2n) is 3.36. The zero-order valence-corrected chi connectivity index (χ0v) is 8.78. The van der Waals surface area contributed by atoms with Crippen LogP contribution in [0.25, 0.3) is 10.9 Å². The number of hydrogen-bond acceptors (Lipinski definition) is 4. The molecule has 16 heavy (non-hydrogen) atoms. The Kier molecular flexibility index (Phi) is 2.49. The van der Waals surface area contributed by atoms with Crippen LogP contribution in [-0.4, -0.2) is 16.6 Å². The fourth-order valence-electron chi connectivity index (χ4n) is 1.58. The topological polar surface area (TPSA) is 92.9 Å². The van der Waals surface area contributed by atoms with Gasteiger partial charge in [-0.05, 0) is 18.2 Å². The van der Waals surface area contributed by atoms with Crippen LogP contribution < -0.4 is 22.3 Å². The van der Waals surface area contributed by atoms with Crippen LogP contribution in [-0.2, 0) is 6.67 Å². The van der Waals surface area contributed by atoms with Gasteiger partial charge in [-0.2, -0.15) is 0 Å². The van der Waals surface area contributed by atoms with Crippen molar-refractivity contribution < 1.29 is 0 Å². The van der Waals surface area contributed by atoms with E-state index in [1.807, 2.05) is 0 Å². The van der Waals surface area contributed by atoms with Gasteiger partial charge in [-0.25, -0.2) is 9.36 Å². The second-order valence-corrected chi connectivity index (χ2v) is 3.36. The number of benzene rings is 1. The second kappa shape index (κ2) is 3.82. The smallest absolute Gasteiger partial charge is 0.329 e. The molecular formula is C10H12N4O2. The first-order chi connectivity index (χ1) is 7.67. The van der Waals surface area contributed by atoms with Gasteiger partial charge in [0.15, 0.2) is 0 Å². The van der Waals surface area contributed by atoms with E-state index in [1.54, 1.807) is 25.2 Å². The van der Waals surface area contributed by atoms with Crippen molar-refractivity contribution in [3.8, 4) is 0 Å². The summed E-state index contributed by atoms with van der Waals surface area (Å²) in [7, 11) is 1.76. The molecule has 0 saturated heterocycles. The zero-order chi connectivity index (χ0) is 11.7. The van der Waals surface area contributed by atoms with Crippen LogP contribution in [0.15, 0.2) is 27.8 Å². The van der Waals surface area contributed by atoms with Gasteiger partial charge in [0.25, 0.3) is 5.56 Å². The number of nitrogens with one attached hydrogen (secondary N) is 2. The van der Waals surface area contributed by atoms with E-state index in [1.165, 1.54) is 0 Å². The molecule has 0 saturated carbocycles. The summed E-state index contributed by atoms with van der Waals surface area (Å²) in [4.78, 5) is 25.9. The molecule has 4 N–H and O–H groups in total. The molecule has 0 aliphatic rings. The third-order valence-corrected chi connectivity index (χ3v) is 2.45. The molecule has 0 atom stereocenters. The first-order valence-electron chi connectivity index (χ1n) is 4.82. The zero-order valence-electron chi connectivity index (χ0n) is 8.78. The minimum absolute atomic E-state index is 0.127. The first kappa shape index (κ1) is 10.4. The van der Waals surface area contributed by atoms with Gasteiger partial charge in [0.1, 0.15) is 0 Å². The minimum Gasteiger partial charge on any atom is -0.388 e. The van der Waals surface area contributed by atoms with E-state index in [9.17, 15) is 9.59 Å². The lowest BCUT2D eigenvalue weighted by Gasteiger charge is -2.05. The molecule has 0 aliphatic carbocycles. The van der Waals surface area contributed by atoms with E-state index >= 15 is 0 Å². The standard InChI is InChI=1S/C10H12N4O2/c1-12-6-2-3-7-8(4-6)13-10(16)14(5-11)9(7)15/h2-4,12H,5,11H2,1H3,(H,13,16). The molecule has 0 spiro atoms. The Balaban J connectivity index is 2.87. The van der Waals surface area contributed by atoms with Crippen LogP contribution in [0.3, 0.4) is 0 Å². The van der Waals surface area contributed by atoms with Crippen molar-refractivity contribution in [2.45, 2.75) is 6.67 Å². The van der Waals surface area contributed by atoms with Gasteiger partial charge < -0.3 is 16.0 Å². The third kappa shape index (κ3) is 1.49. The summed E-state index contributed by atoms with van der Waals surface area (Å²) in [5.74, 6) is 0. The number of aromatic amines is 1. The molecule has 2 rings (SSSR count). The number of nitrogens with two attached hydrogens (primary N) is 1. The van der Waals surface area contributed by atoms with Crippen LogP contribution in [0.1, 0.15) is 0 Å². The number of fused-ring (bicyclic) bond motifs is 1. The van der Waals surface area contributed by atoms with Crippen molar-refractivity contribution in [1.29, 1.82) is 0 Å². The molecule has 1 aromatic carbocycles. The van der Waals surface area contributed by atoms with E-state index in [4.69, 9.17) is 5.73 Å². The van der Waals surface area contributed by atoms with Crippen molar-refractivity contribution in [2.24, 2.45) is 5.73 Å². The minimum atomic E-state index is -0.492. The maximum absolute atomic E-state index is 11.8. The van der Waals surface area contributed by atoms with Crippen LogP contribution in [0.5, 0.6) is 0 Å². The molecular weight excluding hydrogens is 208 g/mol. The fraction of sp³-hybridized carbons (Fsp3) is 0.200. The van der Waals surface area contributed by atoms with Crippen molar-refractivity contribution in [2.75, 3.05) is 12.4 Å². The molecule has 2 aromatic rings. The largest absolute Gasteiger partial charge is 0.388 e. The molecule has 0 bridgehead atoms. The number of aromatic nitrogens is 2. The fourth-order valence-corrected chi connectivity index (χ4v) is 1.58. The molecule has 0 unspecified atom stereocenters. The van der Waals surface area contributed by atoms with Crippen molar-refractivity contribution in [3.05, 3.63) is 39.0 Å². The van der Waals surface area contributed by atoms with Gasteiger partial charge in [0, 0.05) is 12.7 Å². The van der Waals surface area contributed by atoms with Gasteiger partial charge in [-0.3, -0.25) is 4.79 Å². The van der Waals surface area contributed by atoms with E-state index in [-0.39, 0.29) is 12.2 Å². The van der Waals surface area contributed by atoms with E-state index in [2.05, 4.69) is 10.3 Å². The molecule has 0 radical (unpaired) electrons. The van der Waals surface area contributed by atoms with Gasteiger partial charge in [-0.1, -0.05) is 0 Å². The summed E-state index contributed by atoms with van der Waals surface area (Å²) in [6.07, 6.45) is 0. The van der Waals surface area contributed by atoms with Crippen LogP contribution in [0.2, 0.25) is 0 Å². The highest BCUT2D eigenvalue weighted by Crippen LogP contribution is 2.12. The summed E-state index contributed by atoms with van der Waals surface area (Å²) in [6.45, 7) is -0.127. The molecule has 6 heteroatoms. The summed E-state index contributed by atoms with van der Waals surface area (Å²) in [5.41, 5.74) is 5.80. The van der Waals surface area contributed by atoms with Gasteiger partial charge >= 0.3 is 5.69 Å². The molecule has 0 aliphatic heterocycles. The van der Waals surface area contributed by atoms with Gasteiger partial charge in [0.2, 0.25) is 0 Å². The number of rotatable bonds is 2. The van der Waals surface area contributed by atoms with Crippen molar-refractivity contribution in [1.82, 2.24) is 9.55 Å². The molecule has 84 valence electrons. The summed E-state index contributed by atoms with van der Waals surface area (Å²) in [5, 5.41) is 3.38. The summed E-state index contributed by atoms with van der Waals surface area (Å²) >= 11 is 0. The Hall–Kier alpha value is -2.08. The lowest BCUT2D eigenvalue weighted by Crippen LogP contribution is -2.37. The molecule has 1 aromatic heterocycles. The highest BCUT2D eigenvalue weighted by molar-refractivity contribution is 5.81. The number of hydrogen-bond donors (Lipinski definition) is 3. The number of anilines is 1. The molecule has 6 nitrogen and oxygen atoms in total. The van der Waals surface area contributed by atoms with Crippen LogP contribution >= 0.6 is 0 Å². The van der Waals surface area contributed by atoms with E-state index < -0.39 is 5.69 Å². The first-order valence-corrected chi connectivity index (χ1v) is 4.82. The Bertz CT molecular complexity index is 641. The Morgan fingerprint density at radius 3 is 2.81 bits per heavy atom. The highest BCUT2D eigenvalue weighted by atomic mass is 16.2. The number of nitrogens with zero attached hydrogens (tertiary/aromatic N) is 1. The average molecular weight is 220 g/mol. The summed E-state index contributed by atoms with van der Waals surface area (Å²) < 4.78 is 0.960. The van der Waals surface area contributed by atoms with Crippen molar-refractivity contribution in [3.63, 3.8) is 0 Å². The normalized spacial score (nSPS) is 10.6. The molecule has 0 fully saturated rings. The molecule has 1 heterocycles. The van der Waals surface area contributed by atoms with Gasteiger partial charge in [0.05, 0.1) is 17.6 Å². The maximum Gasteiger partial charge on any atom is 0.329 e. The lowest BCUT2D eigenvalue weighted by atomic mass is 10.2. The average Bonchev–Trinajstić information content (AvgIpc) is 2.28. The van der Waals surface area contributed by atoms with E-state index in [0.29, 0.717) is 10.9 Å². The Morgan fingerprint density at radius 2 is 2.19 bits per heavy atom. The monoisotopic (exact) mass is 220 g/mol. The third-order valence-electron chi connectivity index (χ3n) is 2.45. The van der Waals surface area contributed by atoms with Gasteiger partial charge in [-0.15, -0.1) is 0 Å². The van der Waals surface area contributed by atoms with E-state index in [0.717, 1.165) is 10.3 Å². The lowest BCUT2D eigenvalue weighted by molar-refractivity contribution is 0.661. The molecule has 0 amide bonds. The quantitative estimate of drug-likeness (QED) is 0.644. The number of H-pyrrole nitrogens is 1. The highest BCUT2D eigenvalue weighted by Gasteiger charge is 2.06. The Labute approximate surface area is 90.7 Å². The van der Waals surface area contributed by atoms with Crippen LogP contribution in [0, 0.1) is 0 Å². The SMILES string of the molecule is CNc1ccc2c(=O)n(CN)c(=O)[nH]c2c1.